The highest BCUT2D eigenvalue weighted by Crippen LogP contribution is 2.25. The number of aromatic amines is 1. The largest absolute Gasteiger partial charge is 0.383 e. The molecule has 0 aliphatic carbocycles. The number of imidazole rings is 1. The molecule has 2 aromatic heterocycles. The molecule has 0 spiro atoms. The van der Waals surface area contributed by atoms with Gasteiger partial charge in [0.05, 0.1) is 17.6 Å². The lowest BCUT2D eigenvalue weighted by atomic mass is 10.1. The first-order chi connectivity index (χ1) is 13.1. The van der Waals surface area contributed by atoms with E-state index in [1.807, 2.05) is 48.7 Å². The fourth-order valence-electron chi connectivity index (χ4n) is 2.82. The van der Waals surface area contributed by atoms with Crippen molar-refractivity contribution in [2.24, 2.45) is 4.99 Å². The zero-order chi connectivity index (χ0) is 19.1. The molecule has 2 heterocycles. The van der Waals surface area contributed by atoms with Crippen LogP contribution in [0.25, 0.3) is 11.0 Å². The molecule has 4 N–H and O–H groups in total. The molecular formula is C20H27N5OS. The summed E-state index contributed by atoms with van der Waals surface area (Å²) in [5.41, 5.74) is 1.13. The number of aliphatic hydroxyl groups is 1. The van der Waals surface area contributed by atoms with Crippen LogP contribution in [0.3, 0.4) is 0 Å². The van der Waals surface area contributed by atoms with Crippen LogP contribution in [0.15, 0.2) is 46.8 Å². The average molecular weight is 386 g/mol. The van der Waals surface area contributed by atoms with Crippen LogP contribution in [0.5, 0.6) is 0 Å². The molecule has 0 aliphatic heterocycles. The summed E-state index contributed by atoms with van der Waals surface area (Å²) < 4.78 is 0. The first-order valence-electron chi connectivity index (χ1n) is 9.30. The summed E-state index contributed by atoms with van der Waals surface area (Å²) in [7, 11) is 0. The lowest BCUT2D eigenvalue weighted by Crippen LogP contribution is -2.39. The molecule has 3 aromatic rings. The zero-order valence-corrected chi connectivity index (χ0v) is 16.6. The number of rotatable bonds is 8. The maximum atomic E-state index is 10.6. The number of aromatic nitrogens is 2. The van der Waals surface area contributed by atoms with Crippen LogP contribution in [-0.4, -0.2) is 40.7 Å². The first kappa shape index (κ1) is 19.4. The molecule has 144 valence electrons. The summed E-state index contributed by atoms with van der Waals surface area (Å²) >= 11 is 1.55. The summed E-state index contributed by atoms with van der Waals surface area (Å²) in [5.74, 6) is 1.72. The van der Waals surface area contributed by atoms with Crippen LogP contribution in [0.4, 0.5) is 0 Å². The third-order valence-corrected chi connectivity index (χ3v) is 5.39. The van der Waals surface area contributed by atoms with Gasteiger partial charge in [0.1, 0.15) is 11.4 Å². The van der Waals surface area contributed by atoms with Crippen molar-refractivity contribution in [1.82, 2.24) is 20.6 Å². The molecule has 27 heavy (non-hydrogen) atoms. The topological polar surface area (TPSA) is 85.3 Å². The molecule has 0 saturated carbocycles. The van der Waals surface area contributed by atoms with Gasteiger partial charge in [-0.25, -0.2) is 9.98 Å². The lowest BCUT2D eigenvalue weighted by molar-refractivity contribution is 0.0711. The van der Waals surface area contributed by atoms with Crippen molar-refractivity contribution in [1.29, 1.82) is 0 Å². The van der Waals surface area contributed by atoms with Crippen molar-refractivity contribution in [2.75, 3.05) is 19.6 Å². The van der Waals surface area contributed by atoms with Crippen LogP contribution in [-0.2, 0) is 12.0 Å². The molecule has 0 radical (unpaired) electrons. The number of H-pyrrole nitrogens is 1. The minimum atomic E-state index is -0.954. The number of nitrogens with zero attached hydrogens (tertiary/aromatic N) is 2. The summed E-state index contributed by atoms with van der Waals surface area (Å²) in [6.45, 7) is 5.70. The third-order valence-electron chi connectivity index (χ3n) is 4.26. The van der Waals surface area contributed by atoms with Gasteiger partial charge in [-0.05, 0) is 43.8 Å². The number of aliphatic imine (C=N–C) groups is 1. The Labute approximate surface area is 163 Å². The van der Waals surface area contributed by atoms with E-state index in [4.69, 9.17) is 0 Å². The van der Waals surface area contributed by atoms with Gasteiger partial charge < -0.3 is 20.7 Å². The van der Waals surface area contributed by atoms with Crippen molar-refractivity contribution in [3.63, 3.8) is 0 Å². The van der Waals surface area contributed by atoms with Crippen LogP contribution in [0, 0.1) is 0 Å². The van der Waals surface area contributed by atoms with E-state index in [-0.39, 0.29) is 0 Å². The highest BCUT2D eigenvalue weighted by Gasteiger charge is 2.23. The predicted molar refractivity (Wildman–Crippen MR) is 112 cm³/mol. The molecular weight excluding hydrogens is 358 g/mol. The second kappa shape index (κ2) is 9.01. The molecule has 1 unspecified atom stereocenters. The summed E-state index contributed by atoms with van der Waals surface area (Å²) in [6, 6.07) is 11.9. The third kappa shape index (κ3) is 5.30. The maximum Gasteiger partial charge on any atom is 0.191 e. The van der Waals surface area contributed by atoms with E-state index in [0.717, 1.165) is 53.6 Å². The number of guanidine groups is 1. The van der Waals surface area contributed by atoms with E-state index in [1.54, 1.807) is 18.3 Å². The van der Waals surface area contributed by atoms with Crippen molar-refractivity contribution in [2.45, 2.75) is 32.3 Å². The van der Waals surface area contributed by atoms with Gasteiger partial charge >= 0.3 is 0 Å². The zero-order valence-electron chi connectivity index (χ0n) is 15.8. The van der Waals surface area contributed by atoms with Gasteiger partial charge in [-0.1, -0.05) is 18.2 Å². The molecule has 0 amide bonds. The highest BCUT2D eigenvalue weighted by molar-refractivity contribution is 7.10. The molecule has 0 aliphatic rings. The van der Waals surface area contributed by atoms with E-state index >= 15 is 0 Å². The Morgan fingerprint density at radius 3 is 2.85 bits per heavy atom. The normalized spacial score (nSPS) is 14.3. The smallest absolute Gasteiger partial charge is 0.191 e. The van der Waals surface area contributed by atoms with Gasteiger partial charge in [0, 0.05) is 24.4 Å². The van der Waals surface area contributed by atoms with Crippen LogP contribution in [0.2, 0.25) is 0 Å². The SMILES string of the molecule is CCNC(=NCC(C)(O)c1cccs1)NCCCc1nc2ccccc2[nH]1. The number of hydrogen-bond acceptors (Lipinski definition) is 4. The fourth-order valence-corrected chi connectivity index (χ4v) is 3.60. The van der Waals surface area contributed by atoms with Gasteiger partial charge in [-0.15, -0.1) is 11.3 Å². The fraction of sp³-hybridized carbons (Fsp3) is 0.400. The van der Waals surface area contributed by atoms with E-state index in [2.05, 4.69) is 25.6 Å². The minimum Gasteiger partial charge on any atom is -0.383 e. The minimum absolute atomic E-state index is 0.312. The maximum absolute atomic E-state index is 10.6. The van der Waals surface area contributed by atoms with Crippen LogP contribution in [0.1, 0.15) is 31.0 Å². The van der Waals surface area contributed by atoms with Crippen molar-refractivity contribution >= 4 is 28.3 Å². The standard InChI is InChI=1S/C20H27N5OS/c1-3-21-19(23-14-20(2,26)17-10-7-13-27-17)22-12-6-11-18-24-15-8-4-5-9-16(15)25-18/h4-5,7-10,13,26H,3,6,11-12,14H2,1-2H3,(H,24,25)(H2,21,22,23). The van der Waals surface area contributed by atoms with Gasteiger partial charge in [-0.3, -0.25) is 0 Å². The predicted octanol–water partition coefficient (Wildman–Crippen LogP) is 3.02. The van der Waals surface area contributed by atoms with Crippen LogP contribution >= 0.6 is 11.3 Å². The van der Waals surface area contributed by atoms with E-state index < -0.39 is 5.60 Å². The number of para-hydroxylation sites is 2. The lowest BCUT2D eigenvalue weighted by Gasteiger charge is -2.20. The molecule has 1 atom stereocenters. The van der Waals surface area contributed by atoms with Gasteiger partial charge in [-0.2, -0.15) is 0 Å². The quantitative estimate of drug-likeness (QED) is 0.273. The van der Waals surface area contributed by atoms with Gasteiger partial charge in [0.15, 0.2) is 5.96 Å². The van der Waals surface area contributed by atoms with E-state index in [1.165, 1.54) is 0 Å². The first-order valence-corrected chi connectivity index (χ1v) is 10.2. The Kier molecular flexibility index (Phi) is 6.47. The number of benzene rings is 1. The number of nitrogens with one attached hydrogen (secondary N) is 3. The molecule has 3 rings (SSSR count). The molecule has 0 saturated heterocycles. The summed E-state index contributed by atoms with van der Waals surface area (Å²) in [4.78, 5) is 13.4. The number of hydrogen-bond donors (Lipinski definition) is 4. The summed E-state index contributed by atoms with van der Waals surface area (Å²) in [6.07, 6.45) is 1.81. The van der Waals surface area contributed by atoms with E-state index in [9.17, 15) is 5.11 Å². The second-order valence-electron chi connectivity index (χ2n) is 6.68. The Balaban J connectivity index is 1.50. The van der Waals surface area contributed by atoms with Gasteiger partial charge in [0.2, 0.25) is 0 Å². The van der Waals surface area contributed by atoms with Crippen LogP contribution < -0.4 is 10.6 Å². The Morgan fingerprint density at radius 2 is 2.11 bits per heavy atom. The molecule has 0 fully saturated rings. The summed E-state index contributed by atoms with van der Waals surface area (Å²) in [5, 5.41) is 19.1. The molecule has 6 nitrogen and oxygen atoms in total. The number of aryl methyl sites for hydroxylation is 1. The van der Waals surface area contributed by atoms with Crippen molar-refractivity contribution < 1.29 is 5.11 Å². The van der Waals surface area contributed by atoms with Crippen molar-refractivity contribution in [3.05, 3.63) is 52.5 Å². The molecule has 0 bridgehead atoms. The number of fused-ring (bicyclic) bond motifs is 1. The molecule has 1 aromatic carbocycles. The second-order valence-corrected chi connectivity index (χ2v) is 7.62. The molecule has 7 heteroatoms. The monoisotopic (exact) mass is 385 g/mol. The Hall–Kier alpha value is -2.38. The Morgan fingerprint density at radius 1 is 1.26 bits per heavy atom. The Bertz CT molecular complexity index is 837. The number of thiophene rings is 1. The average Bonchev–Trinajstić information content (AvgIpc) is 3.32. The van der Waals surface area contributed by atoms with Crippen molar-refractivity contribution in [3.8, 4) is 0 Å². The van der Waals surface area contributed by atoms with E-state index in [0.29, 0.717) is 6.54 Å². The van der Waals surface area contributed by atoms with Gasteiger partial charge in [0.25, 0.3) is 0 Å². The highest BCUT2D eigenvalue weighted by atomic mass is 32.1.